The molecule has 18 heteroatoms. The quantitative estimate of drug-likeness (QED) is 0.164. The summed E-state index contributed by atoms with van der Waals surface area (Å²) in [5.74, 6) is -29.4. The first-order valence-corrected chi connectivity index (χ1v) is 12.6. The molecule has 2 saturated carbocycles. The fourth-order valence-corrected chi connectivity index (χ4v) is 5.92. The van der Waals surface area contributed by atoms with E-state index in [4.69, 9.17) is 15.8 Å². The van der Waals surface area contributed by atoms with Crippen molar-refractivity contribution in [3.63, 3.8) is 0 Å². The number of hydrogen-bond donors (Lipinski definition) is 0. The van der Waals surface area contributed by atoms with Crippen LogP contribution in [0.1, 0.15) is 39.8 Å². The zero-order valence-corrected chi connectivity index (χ0v) is 22.9. The monoisotopic (exact) mass is 686 g/mol. The minimum Gasteiger partial charge on any atom is -0.203 e. The van der Waals surface area contributed by atoms with Gasteiger partial charge in [0.15, 0.2) is 69.8 Å². The molecule has 2 fully saturated rings. The van der Waals surface area contributed by atoms with Gasteiger partial charge < -0.3 is 0 Å². The number of rotatable bonds is 3. The molecule has 2 unspecified atom stereocenters. The molecule has 49 heavy (non-hydrogen) atoms. The maximum absolute atomic E-state index is 15.3. The van der Waals surface area contributed by atoms with Gasteiger partial charge in [0, 0.05) is 5.41 Å². The van der Waals surface area contributed by atoms with Crippen LogP contribution in [0.25, 0.3) is 11.1 Å². The van der Waals surface area contributed by atoms with Gasteiger partial charge in [0.2, 0.25) is 0 Å². The van der Waals surface area contributed by atoms with Gasteiger partial charge in [-0.2, -0.15) is 31.6 Å². The third kappa shape index (κ3) is 3.92. The molecule has 3 aromatic rings. The van der Waals surface area contributed by atoms with Crippen LogP contribution >= 0.6 is 0 Å². The van der Waals surface area contributed by atoms with E-state index in [2.05, 4.69) is 0 Å². The molecule has 5 rings (SSSR count). The van der Waals surface area contributed by atoms with Crippen molar-refractivity contribution in [1.29, 1.82) is 31.6 Å². The van der Waals surface area contributed by atoms with E-state index in [-0.39, 0.29) is 0 Å². The lowest BCUT2D eigenvalue weighted by Gasteiger charge is -2.13. The van der Waals surface area contributed by atoms with Crippen LogP contribution < -0.4 is 0 Å². The Labute approximate surface area is 263 Å². The van der Waals surface area contributed by atoms with Crippen molar-refractivity contribution in [3.8, 4) is 36.4 Å². The average molecular weight is 686 g/mol. The maximum atomic E-state index is 15.3. The largest absolute Gasteiger partial charge is 0.203 e. The van der Waals surface area contributed by atoms with Crippen molar-refractivity contribution < 1.29 is 52.7 Å². The van der Waals surface area contributed by atoms with Gasteiger partial charge in [0.05, 0.1) is 33.9 Å². The summed E-state index contributed by atoms with van der Waals surface area (Å²) in [4.78, 5) is 0. The third-order valence-electron chi connectivity index (χ3n) is 8.14. The summed E-state index contributed by atoms with van der Waals surface area (Å²) >= 11 is 0. The lowest BCUT2D eigenvalue weighted by atomic mass is 9.89. The molecule has 1 spiro atoms. The zero-order valence-electron chi connectivity index (χ0n) is 22.9. The van der Waals surface area contributed by atoms with E-state index in [1.165, 1.54) is 6.07 Å². The van der Waals surface area contributed by atoms with E-state index >= 15 is 26.3 Å². The summed E-state index contributed by atoms with van der Waals surface area (Å²) in [6.45, 7) is 0. The second-order valence-electron chi connectivity index (χ2n) is 10.2. The summed E-state index contributed by atoms with van der Waals surface area (Å²) in [5, 5.41) is 56.7. The van der Waals surface area contributed by atoms with Crippen molar-refractivity contribution in [2.45, 2.75) is 11.8 Å². The van der Waals surface area contributed by atoms with Crippen molar-refractivity contribution in [2.75, 3.05) is 0 Å². The van der Waals surface area contributed by atoms with Gasteiger partial charge in [-0.25, -0.2) is 52.7 Å². The van der Waals surface area contributed by atoms with E-state index in [1.807, 2.05) is 0 Å². The topological polar surface area (TPSA) is 143 Å². The van der Waals surface area contributed by atoms with Crippen molar-refractivity contribution in [2.24, 2.45) is 5.41 Å². The molecule has 0 aromatic heterocycles. The number of allylic oxidation sites excluding steroid dienone is 4. The van der Waals surface area contributed by atoms with Gasteiger partial charge >= 0.3 is 0 Å². The van der Waals surface area contributed by atoms with E-state index in [9.17, 15) is 42.1 Å². The van der Waals surface area contributed by atoms with Crippen LogP contribution in [-0.2, 0) is 5.41 Å². The molecule has 6 nitrogen and oxygen atoms in total. The zero-order chi connectivity index (χ0) is 36.7. The van der Waals surface area contributed by atoms with Crippen molar-refractivity contribution >= 4 is 11.1 Å². The van der Waals surface area contributed by atoms with Crippen LogP contribution in [-0.4, -0.2) is 0 Å². The molecular weight excluding hydrogens is 684 g/mol. The van der Waals surface area contributed by atoms with E-state index < -0.39 is 143 Å². The second kappa shape index (κ2) is 10.9. The third-order valence-corrected chi connectivity index (χ3v) is 8.14. The fourth-order valence-electron chi connectivity index (χ4n) is 5.92. The predicted octanol–water partition coefficient (Wildman–Crippen LogP) is 7.09. The second-order valence-corrected chi connectivity index (χ2v) is 10.2. The molecule has 2 atom stereocenters. The molecule has 3 aromatic carbocycles. The molecule has 2 aliphatic carbocycles. The van der Waals surface area contributed by atoms with Crippen molar-refractivity contribution in [1.82, 2.24) is 0 Å². The molecule has 0 saturated heterocycles. The van der Waals surface area contributed by atoms with Crippen LogP contribution in [0.15, 0.2) is 11.1 Å². The highest BCUT2D eigenvalue weighted by Crippen LogP contribution is 2.87. The molecular formula is C31H2F12N6. The number of halogens is 12. The van der Waals surface area contributed by atoms with Gasteiger partial charge in [-0.15, -0.1) is 0 Å². The van der Waals surface area contributed by atoms with Crippen LogP contribution in [0.3, 0.4) is 0 Å². The SMILES string of the molecule is N#C/C(=C1\C(=C(\C#N)c2c(F)c(F)c(C#N)c(F)c2F)C12CC2(C#N)c1c(F)c(F)c(C#N)c(F)c1F)c1c(F)c(F)c(C#N)c(F)c1F. The average Bonchev–Trinajstić information content (AvgIpc) is 3.95. The van der Waals surface area contributed by atoms with Gasteiger partial charge in [-0.05, 0) is 17.6 Å². The van der Waals surface area contributed by atoms with Crippen LogP contribution in [0.2, 0.25) is 0 Å². The molecule has 0 bridgehead atoms. The van der Waals surface area contributed by atoms with Gasteiger partial charge in [-0.3, -0.25) is 0 Å². The Hall–Kier alpha value is -6.76. The van der Waals surface area contributed by atoms with Crippen molar-refractivity contribution in [3.05, 3.63) is 114 Å². The number of benzene rings is 3. The summed E-state index contributed by atoms with van der Waals surface area (Å²) in [5.41, 5.74) is -23.5. The Morgan fingerprint density at radius 3 is 0.959 bits per heavy atom. The minimum absolute atomic E-state index is 0.790. The molecule has 2 aliphatic rings. The first kappa shape index (κ1) is 33.6. The highest BCUT2D eigenvalue weighted by molar-refractivity contribution is 6.03. The van der Waals surface area contributed by atoms with Crippen LogP contribution in [0.4, 0.5) is 52.7 Å². The summed E-state index contributed by atoms with van der Waals surface area (Å²) in [6, 6.07) is 5.68. The van der Waals surface area contributed by atoms with E-state index in [1.54, 1.807) is 0 Å². The maximum Gasteiger partial charge on any atom is 0.180 e. The number of hydrogen-bond acceptors (Lipinski definition) is 6. The Morgan fingerprint density at radius 2 is 0.714 bits per heavy atom. The van der Waals surface area contributed by atoms with Crippen LogP contribution in [0.5, 0.6) is 0 Å². The van der Waals surface area contributed by atoms with Gasteiger partial charge in [-0.1, -0.05) is 0 Å². The van der Waals surface area contributed by atoms with E-state index in [0.717, 1.165) is 30.3 Å². The van der Waals surface area contributed by atoms with Crippen LogP contribution in [0, 0.1) is 143 Å². The van der Waals surface area contributed by atoms with Gasteiger partial charge in [0.25, 0.3) is 0 Å². The Balaban J connectivity index is 2.03. The summed E-state index contributed by atoms with van der Waals surface area (Å²) in [7, 11) is 0. The molecule has 240 valence electrons. The first-order chi connectivity index (χ1) is 23.1. The number of nitriles is 6. The Morgan fingerprint density at radius 1 is 0.429 bits per heavy atom. The molecule has 0 radical (unpaired) electrons. The fraction of sp³-hybridized carbons (Fsp3) is 0.0968. The first-order valence-electron chi connectivity index (χ1n) is 12.6. The standard InChI is InChI=1S/C31H2F12N6/c32-18-10(3-46)19(33)25(39)13(24(18)38)8(1-44)15-16(9(2-45)14-26(40)20(34)11(4-47)21(35)27(14)41)31(15)6-30(31,7-49)17-28(42)22(36)12(5-48)23(37)29(17)43/h6H2/b15-8-,16-9+. The summed E-state index contributed by atoms with van der Waals surface area (Å²) in [6.07, 6.45) is -1.29. The van der Waals surface area contributed by atoms with E-state index in [0.29, 0.717) is 0 Å². The smallest absolute Gasteiger partial charge is 0.180 e. The lowest BCUT2D eigenvalue weighted by Crippen LogP contribution is -2.18. The highest BCUT2D eigenvalue weighted by atomic mass is 19.2. The molecule has 0 aliphatic heterocycles. The highest BCUT2D eigenvalue weighted by Gasteiger charge is 2.85. The number of nitrogens with zero attached hydrogens (tertiary/aromatic N) is 6. The lowest BCUT2D eigenvalue weighted by molar-refractivity contribution is 0.426. The summed E-state index contributed by atoms with van der Waals surface area (Å²) < 4.78 is 179. The van der Waals surface area contributed by atoms with Gasteiger partial charge in [0.1, 0.15) is 52.5 Å². The predicted molar refractivity (Wildman–Crippen MR) is 132 cm³/mol. The Kier molecular flexibility index (Phi) is 7.48. The Bertz CT molecular complexity index is 2270. The normalized spacial score (nSPS) is 20.7. The minimum atomic E-state index is -3.17. The molecule has 0 amide bonds. The molecule has 0 heterocycles. The molecule has 0 N–H and O–H groups in total.